The Bertz CT molecular complexity index is 652. The van der Waals surface area contributed by atoms with Crippen LogP contribution in [0.15, 0.2) is 24.5 Å². The highest BCUT2D eigenvalue weighted by Gasteiger charge is 2.31. The molecule has 1 aliphatic heterocycles. The zero-order valence-corrected chi connectivity index (χ0v) is 11.2. The predicted octanol–water partition coefficient (Wildman–Crippen LogP) is 1.95. The van der Waals surface area contributed by atoms with E-state index < -0.39 is 0 Å². The van der Waals surface area contributed by atoms with E-state index >= 15 is 0 Å². The molecule has 1 aromatic heterocycles. The number of hydrogen-bond acceptors (Lipinski definition) is 4. The van der Waals surface area contributed by atoms with Gasteiger partial charge in [-0.25, -0.2) is 4.98 Å². The molecule has 1 unspecified atom stereocenters. The van der Waals surface area contributed by atoms with Crippen LogP contribution in [0.4, 0.5) is 5.69 Å². The van der Waals surface area contributed by atoms with Crippen molar-refractivity contribution in [2.75, 3.05) is 11.4 Å². The maximum atomic E-state index is 12.0. The molecule has 1 atom stereocenters. The van der Waals surface area contributed by atoms with Crippen LogP contribution >= 0.6 is 11.8 Å². The van der Waals surface area contributed by atoms with Gasteiger partial charge in [-0.15, -0.1) is 0 Å². The number of aromatic nitrogens is 2. The highest BCUT2D eigenvalue weighted by molar-refractivity contribution is 8.14. The maximum Gasteiger partial charge on any atom is 0.228 e. The molecule has 0 saturated carbocycles. The molecule has 2 heterocycles. The lowest BCUT2D eigenvalue weighted by atomic mass is 10.2. The molecule has 0 radical (unpaired) electrons. The Balaban J connectivity index is 1.85. The number of hydrogen-bond donors (Lipinski definition) is 1. The summed E-state index contributed by atoms with van der Waals surface area (Å²) >= 11 is 1.25. The lowest BCUT2D eigenvalue weighted by Gasteiger charge is -2.16. The lowest BCUT2D eigenvalue weighted by molar-refractivity contribution is -0.117. The van der Waals surface area contributed by atoms with Gasteiger partial charge in [0.1, 0.15) is 0 Å². The van der Waals surface area contributed by atoms with E-state index in [9.17, 15) is 9.59 Å². The number of rotatable bonds is 2. The Kier molecular flexibility index (Phi) is 3.02. The van der Waals surface area contributed by atoms with E-state index in [1.54, 1.807) is 11.2 Å². The van der Waals surface area contributed by atoms with Crippen LogP contribution in [0.2, 0.25) is 0 Å². The second kappa shape index (κ2) is 4.70. The predicted molar refractivity (Wildman–Crippen MR) is 75.1 cm³/mol. The van der Waals surface area contributed by atoms with E-state index in [4.69, 9.17) is 0 Å². The van der Waals surface area contributed by atoms with Gasteiger partial charge in [-0.2, -0.15) is 0 Å². The zero-order chi connectivity index (χ0) is 13.4. The Morgan fingerprint density at radius 3 is 3.16 bits per heavy atom. The number of amides is 1. The van der Waals surface area contributed by atoms with E-state index in [1.807, 2.05) is 18.2 Å². The number of thioether (sulfide) groups is 1. The number of carbonyl (C=O) groups excluding carboxylic acids is 2. The van der Waals surface area contributed by atoms with Gasteiger partial charge in [0, 0.05) is 30.8 Å². The molecule has 6 heteroatoms. The van der Waals surface area contributed by atoms with E-state index in [0.717, 1.165) is 16.7 Å². The number of nitrogens with one attached hydrogen (secondary N) is 1. The molecule has 1 N–H and O–H groups in total. The van der Waals surface area contributed by atoms with Crippen molar-refractivity contribution in [3.05, 3.63) is 24.5 Å². The fraction of sp³-hybridized carbons (Fsp3) is 0.308. The number of fused-ring (bicyclic) bond motifs is 1. The Morgan fingerprint density at radius 1 is 1.53 bits per heavy atom. The van der Waals surface area contributed by atoms with Crippen LogP contribution in [0, 0.1) is 0 Å². The van der Waals surface area contributed by atoms with Crippen molar-refractivity contribution in [2.45, 2.75) is 18.6 Å². The number of anilines is 1. The van der Waals surface area contributed by atoms with Crippen molar-refractivity contribution in [3.63, 3.8) is 0 Å². The van der Waals surface area contributed by atoms with Crippen molar-refractivity contribution in [1.82, 2.24) is 9.97 Å². The van der Waals surface area contributed by atoms with Gasteiger partial charge in [0.2, 0.25) is 5.91 Å². The molecular formula is C13H13N3O2S. The number of carbonyl (C=O) groups is 2. The summed E-state index contributed by atoms with van der Waals surface area (Å²) in [6.45, 7) is 2.12. The number of nitrogens with zero attached hydrogens (tertiary/aromatic N) is 2. The van der Waals surface area contributed by atoms with Crippen molar-refractivity contribution >= 4 is 39.5 Å². The highest BCUT2D eigenvalue weighted by atomic mass is 32.2. The van der Waals surface area contributed by atoms with Gasteiger partial charge >= 0.3 is 0 Å². The van der Waals surface area contributed by atoms with Gasteiger partial charge in [-0.3, -0.25) is 9.59 Å². The molecule has 0 aliphatic carbocycles. The van der Waals surface area contributed by atoms with E-state index in [2.05, 4.69) is 9.97 Å². The van der Waals surface area contributed by atoms with Gasteiger partial charge in [0.15, 0.2) is 5.12 Å². The largest absolute Gasteiger partial charge is 0.345 e. The van der Waals surface area contributed by atoms with Crippen LogP contribution in [0.25, 0.3) is 11.0 Å². The Hall–Kier alpha value is -1.82. The van der Waals surface area contributed by atoms with E-state index in [-0.39, 0.29) is 16.3 Å². The molecule has 5 nitrogen and oxygen atoms in total. The van der Waals surface area contributed by atoms with Crippen LogP contribution in [0.3, 0.4) is 0 Å². The van der Waals surface area contributed by atoms with Crippen molar-refractivity contribution < 1.29 is 9.59 Å². The normalized spacial score (nSPS) is 19.3. The fourth-order valence-corrected chi connectivity index (χ4v) is 3.25. The first-order chi connectivity index (χ1) is 9.13. The zero-order valence-electron chi connectivity index (χ0n) is 10.4. The van der Waals surface area contributed by atoms with Crippen LogP contribution in [0.5, 0.6) is 0 Å². The molecule has 2 aromatic rings. The van der Waals surface area contributed by atoms with Crippen LogP contribution < -0.4 is 4.90 Å². The third kappa shape index (κ3) is 2.35. The summed E-state index contributed by atoms with van der Waals surface area (Å²) in [4.78, 5) is 32.0. The van der Waals surface area contributed by atoms with Crippen LogP contribution in [-0.4, -0.2) is 32.8 Å². The van der Waals surface area contributed by atoms with Crippen molar-refractivity contribution in [2.24, 2.45) is 0 Å². The second-order valence-corrected chi connectivity index (χ2v) is 6.02. The van der Waals surface area contributed by atoms with Gasteiger partial charge in [0.25, 0.3) is 0 Å². The average molecular weight is 275 g/mol. The van der Waals surface area contributed by atoms with Gasteiger partial charge in [-0.1, -0.05) is 11.8 Å². The standard InChI is InChI=1S/C13H13N3O2S/c1-8(17)19-10-5-13(18)16(6-10)9-2-3-11-12(4-9)15-7-14-11/h2-4,7,10H,5-6H2,1H3,(H,14,15). The lowest BCUT2D eigenvalue weighted by Crippen LogP contribution is -2.24. The number of H-pyrrole nitrogens is 1. The first-order valence-corrected chi connectivity index (χ1v) is 6.92. The third-order valence-electron chi connectivity index (χ3n) is 3.14. The van der Waals surface area contributed by atoms with Crippen LogP contribution in [-0.2, 0) is 9.59 Å². The minimum Gasteiger partial charge on any atom is -0.345 e. The third-order valence-corrected chi connectivity index (χ3v) is 4.12. The molecule has 19 heavy (non-hydrogen) atoms. The molecular weight excluding hydrogens is 262 g/mol. The SMILES string of the molecule is CC(=O)SC1CC(=O)N(c2ccc3nc[nH]c3c2)C1. The molecule has 0 spiro atoms. The quantitative estimate of drug-likeness (QED) is 0.909. The minimum atomic E-state index is 0.0578. The highest BCUT2D eigenvalue weighted by Crippen LogP contribution is 2.29. The summed E-state index contributed by atoms with van der Waals surface area (Å²) < 4.78 is 0. The molecule has 0 bridgehead atoms. The summed E-state index contributed by atoms with van der Waals surface area (Å²) in [7, 11) is 0. The first kappa shape index (κ1) is 12.2. The summed E-state index contributed by atoms with van der Waals surface area (Å²) in [5, 5.41) is 0.117. The number of aromatic amines is 1. The minimum absolute atomic E-state index is 0.0578. The number of imidazole rings is 1. The van der Waals surface area contributed by atoms with Crippen molar-refractivity contribution in [1.29, 1.82) is 0 Å². The Labute approximate surface area is 114 Å². The van der Waals surface area contributed by atoms with Gasteiger partial charge in [-0.05, 0) is 18.2 Å². The van der Waals surface area contributed by atoms with E-state index in [1.165, 1.54) is 18.7 Å². The smallest absolute Gasteiger partial charge is 0.228 e. The summed E-state index contributed by atoms with van der Waals surface area (Å²) in [5.41, 5.74) is 2.64. The monoisotopic (exact) mass is 275 g/mol. The average Bonchev–Trinajstić information content (AvgIpc) is 2.93. The molecule has 1 fully saturated rings. The maximum absolute atomic E-state index is 12.0. The fourth-order valence-electron chi connectivity index (χ4n) is 2.33. The molecule has 1 aliphatic rings. The van der Waals surface area contributed by atoms with Gasteiger partial charge in [0.05, 0.1) is 17.4 Å². The van der Waals surface area contributed by atoms with Crippen LogP contribution in [0.1, 0.15) is 13.3 Å². The van der Waals surface area contributed by atoms with Crippen molar-refractivity contribution in [3.8, 4) is 0 Å². The molecule has 98 valence electrons. The summed E-state index contributed by atoms with van der Waals surface area (Å²) in [6, 6.07) is 5.70. The topological polar surface area (TPSA) is 66.1 Å². The van der Waals surface area contributed by atoms with Gasteiger partial charge < -0.3 is 9.88 Å². The Morgan fingerprint density at radius 2 is 2.37 bits per heavy atom. The summed E-state index contributed by atoms with van der Waals surface area (Å²) in [6.07, 6.45) is 2.06. The number of benzene rings is 1. The van der Waals surface area contributed by atoms with E-state index in [0.29, 0.717) is 13.0 Å². The molecule has 1 saturated heterocycles. The molecule has 3 rings (SSSR count). The molecule has 1 amide bonds. The first-order valence-electron chi connectivity index (χ1n) is 6.04. The second-order valence-electron chi connectivity index (χ2n) is 4.54. The molecule has 1 aromatic carbocycles. The summed E-state index contributed by atoms with van der Waals surface area (Å²) in [5.74, 6) is 0.0672.